The number of carbonyl (C=O) groups excluding carboxylic acids is 2. The molecule has 1 N–H and O–H groups in total. The van der Waals surface area contributed by atoms with Crippen molar-refractivity contribution in [1.29, 1.82) is 0 Å². The van der Waals surface area contributed by atoms with Gasteiger partial charge in [-0.15, -0.1) is 11.8 Å². The summed E-state index contributed by atoms with van der Waals surface area (Å²) in [5.74, 6) is 0.398. The monoisotopic (exact) mass is 426 g/mol. The fourth-order valence-corrected chi connectivity index (χ4v) is 4.66. The van der Waals surface area contributed by atoms with E-state index in [-0.39, 0.29) is 30.0 Å². The molecule has 0 fully saturated rings. The van der Waals surface area contributed by atoms with Gasteiger partial charge in [0.15, 0.2) is 0 Å². The first-order valence-electron chi connectivity index (χ1n) is 9.21. The van der Waals surface area contributed by atoms with Crippen LogP contribution in [-0.2, 0) is 16.1 Å². The number of anilines is 1. The van der Waals surface area contributed by atoms with Crippen molar-refractivity contribution in [2.24, 2.45) is 0 Å². The highest BCUT2D eigenvalue weighted by Crippen LogP contribution is 2.45. The zero-order valence-corrected chi connectivity index (χ0v) is 17.1. The van der Waals surface area contributed by atoms with E-state index in [1.165, 1.54) is 0 Å². The number of hydrogen-bond acceptors (Lipinski definition) is 4. The molecule has 3 aromatic rings. The smallest absolute Gasteiger partial charge is 0.240 e. The number of rotatable bonds is 5. The van der Waals surface area contributed by atoms with Crippen molar-refractivity contribution in [3.05, 3.63) is 83.3 Å². The minimum absolute atomic E-state index is 0.0499. The lowest BCUT2D eigenvalue weighted by Gasteiger charge is -2.22. The maximum Gasteiger partial charge on any atom is 0.240 e. The van der Waals surface area contributed by atoms with Crippen LogP contribution >= 0.6 is 23.4 Å². The van der Waals surface area contributed by atoms with Crippen LogP contribution in [0.1, 0.15) is 23.0 Å². The molecule has 0 radical (unpaired) electrons. The van der Waals surface area contributed by atoms with E-state index in [0.717, 1.165) is 21.9 Å². The average molecular weight is 427 g/mol. The number of nitrogens with one attached hydrogen (secondary N) is 1. The number of hydrogen-bond donors (Lipinski definition) is 1. The Morgan fingerprint density at radius 1 is 1.14 bits per heavy atom. The second kappa shape index (κ2) is 8.76. The minimum Gasteiger partial charge on any atom is -0.468 e. The maximum atomic E-state index is 13.0. The Labute approximate surface area is 178 Å². The molecule has 0 unspecified atom stereocenters. The zero-order chi connectivity index (χ0) is 20.2. The van der Waals surface area contributed by atoms with E-state index in [4.69, 9.17) is 16.0 Å². The number of amides is 2. The molecule has 148 valence electrons. The normalized spacial score (nSPS) is 16.2. The van der Waals surface area contributed by atoms with Gasteiger partial charge in [0.1, 0.15) is 12.3 Å². The molecule has 5 nitrogen and oxygen atoms in total. The molecule has 2 amide bonds. The molecule has 2 heterocycles. The van der Waals surface area contributed by atoms with Crippen molar-refractivity contribution in [1.82, 2.24) is 5.32 Å². The first-order chi connectivity index (χ1) is 14.1. The van der Waals surface area contributed by atoms with Crippen LogP contribution in [0.2, 0.25) is 5.02 Å². The molecule has 1 aliphatic rings. The molecule has 0 saturated heterocycles. The van der Waals surface area contributed by atoms with Crippen LogP contribution in [0.25, 0.3) is 0 Å². The van der Waals surface area contributed by atoms with Crippen molar-refractivity contribution in [2.45, 2.75) is 23.1 Å². The molecule has 29 heavy (non-hydrogen) atoms. The first kappa shape index (κ1) is 19.6. The van der Waals surface area contributed by atoms with E-state index >= 15 is 0 Å². The van der Waals surface area contributed by atoms with Gasteiger partial charge < -0.3 is 14.6 Å². The lowest BCUT2D eigenvalue weighted by molar-refractivity contribution is -0.124. The molecule has 1 aliphatic heterocycles. The summed E-state index contributed by atoms with van der Waals surface area (Å²) in [5.41, 5.74) is 1.57. The lowest BCUT2D eigenvalue weighted by atomic mass is 10.2. The van der Waals surface area contributed by atoms with E-state index in [1.54, 1.807) is 29.0 Å². The zero-order valence-electron chi connectivity index (χ0n) is 15.5. The summed E-state index contributed by atoms with van der Waals surface area (Å²) in [5, 5.41) is 3.32. The van der Waals surface area contributed by atoms with Gasteiger partial charge >= 0.3 is 0 Å². The Kier molecular flexibility index (Phi) is 5.92. The maximum absolute atomic E-state index is 13.0. The summed E-state index contributed by atoms with van der Waals surface area (Å²) in [7, 11) is 0. The molecule has 1 atom stereocenters. The van der Waals surface area contributed by atoms with Gasteiger partial charge in [0.2, 0.25) is 11.8 Å². The predicted octanol–water partition coefficient (Wildman–Crippen LogP) is 4.82. The number of benzene rings is 2. The molecular formula is C22H19ClN2O3S. The van der Waals surface area contributed by atoms with E-state index in [9.17, 15) is 9.59 Å². The Hall–Kier alpha value is -2.70. The van der Waals surface area contributed by atoms with Crippen LogP contribution in [0.15, 0.2) is 76.2 Å². The molecule has 0 spiro atoms. The standard InChI is InChI=1S/C22H19ClN2O3S/c23-16-7-2-1-6-15(16)13-24-21(26)14-25-17-8-3-4-10-19(17)29-20(12-22(25)27)18-9-5-11-28-18/h1-11,20H,12-14H2,(H,24,26)/t20-/m1/s1. The Bertz CT molecular complexity index is 1020. The number of thioether (sulfide) groups is 1. The summed E-state index contributed by atoms with van der Waals surface area (Å²) in [6.45, 7) is 0.262. The Morgan fingerprint density at radius 3 is 2.72 bits per heavy atom. The SMILES string of the molecule is O=C(CN1C(=O)C[C@H](c2ccco2)Sc2ccccc21)NCc1ccccc1Cl. The third kappa shape index (κ3) is 4.49. The molecule has 4 rings (SSSR count). The molecule has 0 saturated carbocycles. The molecular weight excluding hydrogens is 408 g/mol. The number of carbonyl (C=O) groups is 2. The van der Waals surface area contributed by atoms with Crippen LogP contribution in [0.3, 0.4) is 0 Å². The van der Waals surface area contributed by atoms with Crippen LogP contribution < -0.4 is 10.2 Å². The van der Waals surface area contributed by atoms with Crippen molar-refractivity contribution in [2.75, 3.05) is 11.4 Å². The lowest BCUT2D eigenvalue weighted by Crippen LogP contribution is -2.40. The van der Waals surface area contributed by atoms with Gasteiger partial charge in [-0.2, -0.15) is 0 Å². The van der Waals surface area contributed by atoms with E-state index < -0.39 is 0 Å². The fraction of sp³-hybridized carbons (Fsp3) is 0.182. The summed E-state index contributed by atoms with van der Waals surface area (Å²) in [6.07, 6.45) is 1.86. The van der Waals surface area contributed by atoms with Gasteiger partial charge in [0.25, 0.3) is 0 Å². The minimum atomic E-state index is -0.241. The number of fused-ring (bicyclic) bond motifs is 1. The summed E-state index contributed by atoms with van der Waals surface area (Å²) >= 11 is 7.73. The van der Waals surface area contributed by atoms with Crippen LogP contribution in [0.4, 0.5) is 5.69 Å². The van der Waals surface area contributed by atoms with E-state index in [0.29, 0.717) is 11.6 Å². The number of nitrogens with zero attached hydrogens (tertiary/aromatic N) is 1. The first-order valence-corrected chi connectivity index (χ1v) is 10.5. The molecule has 1 aromatic heterocycles. The summed E-state index contributed by atoms with van der Waals surface area (Å²) < 4.78 is 5.52. The van der Waals surface area contributed by atoms with Gasteiger partial charge in [-0.05, 0) is 35.9 Å². The largest absolute Gasteiger partial charge is 0.468 e. The summed E-state index contributed by atoms with van der Waals surface area (Å²) in [4.78, 5) is 28.1. The van der Waals surface area contributed by atoms with Gasteiger partial charge in [-0.25, -0.2) is 0 Å². The van der Waals surface area contributed by atoms with Crippen molar-refractivity contribution in [3.63, 3.8) is 0 Å². The molecule has 0 aliphatic carbocycles. The Balaban J connectivity index is 1.51. The number of halogens is 1. The fourth-order valence-electron chi connectivity index (χ4n) is 3.22. The van der Waals surface area contributed by atoms with Crippen molar-refractivity contribution < 1.29 is 14.0 Å². The van der Waals surface area contributed by atoms with E-state index in [1.807, 2.05) is 54.6 Å². The van der Waals surface area contributed by atoms with Crippen molar-refractivity contribution >= 4 is 40.9 Å². The van der Waals surface area contributed by atoms with Crippen LogP contribution in [-0.4, -0.2) is 18.4 Å². The highest BCUT2D eigenvalue weighted by atomic mass is 35.5. The third-order valence-electron chi connectivity index (χ3n) is 4.68. The number of para-hydroxylation sites is 1. The third-order valence-corrected chi connectivity index (χ3v) is 6.33. The second-order valence-corrected chi connectivity index (χ2v) is 8.29. The van der Waals surface area contributed by atoms with Crippen LogP contribution in [0, 0.1) is 0 Å². The average Bonchev–Trinajstić information content (AvgIpc) is 3.22. The second-order valence-electron chi connectivity index (χ2n) is 6.64. The van der Waals surface area contributed by atoms with Crippen LogP contribution in [0.5, 0.6) is 0 Å². The molecule has 7 heteroatoms. The van der Waals surface area contributed by atoms with Crippen molar-refractivity contribution in [3.8, 4) is 0 Å². The van der Waals surface area contributed by atoms with Gasteiger partial charge in [-0.3, -0.25) is 9.59 Å². The predicted molar refractivity (Wildman–Crippen MR) is 114 cm³/mol. The number of furan rings is 1. The van der Waals surface area contributed by atoms with Gasteiger partial charge in [-0.1, -0.05) is 41.9 Å². The topological polar surface area (TPSA) is 62.6 Å². The quantitative estimate of drug-likeness (QED) is 0.635. The Morgan fingerprint density at radius 2 is 1.93 bits per heavy atom. The molecule has 0 bridgehead atoms. The van der Waals surface area contributed by atoms with Gasteiger partial charge in [0, 0.05) is 22.9 Å². The highest BCUT2D eigenvalue weighted by molar-refractivity contribution is 7.99. The molecule has 2 aromatic carbocycles. The highest BCUT2D eigenvalue weighted by Gasteiger charge is 2.31. The van der Waals surface area contributed by atoms with Gasteiger partial charge in [0.05, 0.1) is 17.2 Å². The summed E-state index contributed by atoms with van der Waals surface area (Å²) in [6, 6.07) is 18.7. The van der Waals surface area contributed by atoms with E-state index in [2.05, 4.69) is 5.32 Å².